The Morgan fingerprint density at radius 1 is 1.24 bits per heavy atom. The first kappa shape index (κ1) is 14.4. The molecule has 1 atom stereocenters. The van der Waals surface area contributed by atoms with Gasteiger partial charge in [0.15, 0.2) is 0 Å². The number of rotatable bonds is 5. The van der Waals surface area contributed by atoms with Gasteiger partial charge in [-0.15, -0.1) is 0 Å². The standard InChI is InChI=1S/C14H23NOS/c1-11-5-6-13(9-12(11)2)17(16)8-7-14(3,4)10-15/h5-6,9H,7-8,10,15H2,1-4H3. The molecule has 1 aromatic rings. The van der Waals surface area contributed by atoms with E-state index in [1.54, 1.807) is 0 Å². The molecule has 17 heavy (non-hydrogen) atoms. The monoisotopic (exact) mass is 253 g/mol. The van der Waals surface area contributed by atoms with E-state index < -0.39 is 10.8 Å². The van der Waals surface area contributed by atoms with Crippen LogP contribution in [0.1, 0.15) is 31.4 Å². The fourth-order valence-corrected chi connectivity index (χ4v) is 2.95. The zero-order valence-electron chi connectivity index (χ0n) is 11.2. The molecule has 2 nitrogen and oxygen atoms in total. The van der Waals surface area contributed by atoms with Gasteiger partial charge in [0.2, 0.25) is 0 Å². The van der Waals surface area contributed by atoms with Crippen molar-refractivity contribution in [2.45, 2.75) is 39.0 Å². The highest BCUT2D eigenvalue weighted by molar-refractivity contribution is 7.85. The van der Waals surface area contributed by atoms with Crippen LogP contribution in [0.2, 0.25) is 0 Å². The third-order valence-corrected chi connectivity index (χ3v) is 4.61. The highest BCUT2D eigenvalue weighted by Gasteiger charge is 2.17. The predicted octanol–water partition coefficient (Wildman–Crippen LogP) is 2.79. The van der Waals surface area contributed by atoms with Crippen LogP contribution in [0, 0.1) is 19.3 Å². The number of aryl methyl sites for hydroxylation is 2. The molecular weight excluding hydrogens is 230 g/mol. The fraction of sp³-hybridized carbons (Fsp3) is 0.571. The van der Waals surface area contributed by atoms with E-state index in [0.29, 0.717) is 12.3 Å². The smallest absolute Gasteiger partial charge is 0.0529 e. The van der Waals surface area contributed by atoms with E-state index in [9.17, 15) is 4.21 Å². The van der Waals surface area contributed by atoms with Gasteiger partial charge < -0.3 is 5.73 Å². The van der Waals surface area contributed by atoms with Gasteiger partial charge in [-0.3, -0.25) is 4.21 Å². The molecule has 0 saturated carbocycles. The van der Waals surface area contributed by atoms with Crippen molar-refractivity contribution in [1.82, 2.24) is 0 Å². The van der Waals surface area contributed by atoms with Crippen molar-refractivity contribution in [2.24, 2.45) is 11.1 Å². The Balaban J connectivity index is 2.68. The van der Waals surface area contributed by atoms with Crippen molar-refractivity contribution in [3.8, 4) is 0 Å². The second-order valence-corrected chi connectivity index (χ2v) is 6.98. The van der Waals surface area contributed by atoms with Crippen LogP contribution in [0.5, 0.6) is 0 Å². The Labute approximate surface area is 107 Å². The lowest BCUT2D eigenvalue weighted by atomic mass is 9.91. The molecule has 0 saturated heterocycles. The van der Waals surface area contributed by atoms with E-state index in [1.807, 2.05) is 18.2 Å². The summed E-state index contributed by atoms with van der Waals surface area (Å²) in [5.74, 6) is 0.687. The van der Waals surface area contributed by atoms with E-state index >= 15 is 0 Å². The largest absolute Gasteiger partial charge is 0.330 e. The Morgan fingerprint density at radius 3 is 2.41 bits per heavy atom. The Morgan fingerprint density at radius 2 is 1.88 bits per heavy atom. The number of nitrogens with two attached hydrogens (primary N) is 1. The summed E-state index contributed by atoms with van der Waals surface area (Å²) >= 11 is 0. The average molecular weight is 253 g/mol. The molecule has 96 valence electrons. The highest BCUT2D eigenvalue weighted by atomic mass is 32.2. The predicted molar refractivity (Wildman–Crippen MR) is 74.6 cm³/mol. The average Bonchev–Trinajstić information content (AvgIpc) is 2.30. The van der Waals surface area contributed by atoms with Crippen LogP contribution in [0.4, 0.5) is 0 Å². The third kappa shape index (κ3) is 4.25. The molecule has 3 heteroatoms. The molecule has 0 aliphatic carbocycles. The van der Waals surface area contributed by atoms with Gasteiger partial charge in [0.25, 0.3) is 0 Å². The molecule has 1 rings (SSSR count). The summed E-state index contributed by atoms with van der Waals surface area (Å²) in [5.41, 5.74) is 8.20. The fourth-order valence-electron chi connectivity index (χ4n) is 1.44. The Bertz CT molecular complexity index is 413. The first-order valence-corrected chi connectivity index (χ1v) is 7.33. The lowest BCUT2D eigenvalue weighted by Gasteiger charge is -2.21. The van der Waals surface area contributed by atoms with Crippen LogP contribution in [-0.2, 0) is 10.8 Å². The summed E-state index contributed by atoms with van der Waals surface area (Å²) in [6.45, 7) is 8.99. The SMILES string of the molecule is Cc1ccc(S(=O)CCC(C)(C)CN)cc1C. The zero-order valence-corrected chi connectivity index (χ0v) is 12.1. The van der Waals surface area contributed by atoms with Crippen LogP contribution in [0.15, 0.2) is 23.1 Å². The van der Waals surface area contributed by atoms with Crippen LogP contribution in [0.25, 0.3) is 0 Å². The van der Waals surface area contributed by atoms with Gasteiger partial charge in [0.1, 0.15) is 0 Å². The molecule has 0 amide bonds. The van der Waals surface area contributed by atoms with Crippen molar-refractivity contribution in [1.29, 1.82) is 0 Å². The maximum absolute atomic E-state index is 12.1. The van der Waals surface area contributed by atoms with E-state index in [0.717, 1.165) is 11.3 Å². The van der Waals surface area contributed by atoms with Crippen LogP contribution in [0.3, 0.4) is 0 Å². The van der Waals surface area contributed by atoms with Crippen LogP contribution in [-0.4, -0.2) is 16.5 Å². The minimum Gasteiger partial charge on any atom is -0.330 e. The summed E-state index contributed by atoms with van der Waals surface area (Å²) in [5, 5.41) is 0. The van der Waals surface area contributed by atoms with Crippen molar-refractivity contribution < 1.29 is 4.21 Å². The first-order valence-electron chi connectivity index (χ1n) is 6.01. The van der Waals surface area contributed by atoms with Crippen molar-refractivity contribution in [2.75, 3.05) is 12.3 Å². The molecule has 0 radical (unpaired) electrons. The topological polar surface area (TPSA) is 43.1 Å². The summed E-state index contributed by atoms with van der Waals surface area (Å²) in [4.78, 5) is 0.931. The van der Waals surface area contributed by atoms with Gasteiger partial charge >= 0.3 is 0 Å². The molecule has 0 fully saturated rings. The lowest BCUT2D eigenvalue weighted by molar-refractivity contribution is 0.367. The molecule has 0 aliphatic heterocycles. The second-order valence-electron chi connectivity index (χ2n) is 5.41. The molecule has 0 aromatic heterocycles. The zero-order chi connectivity index (χ0) is 13.1. The van der Waals surface area contributed by atoms with E-state index in [-0.39, 0.29) is 5.41 Å². The van der Waals surface area contributed by atoms with Crippen LogP contribution >= 0.6 is 0 Å². The van der Waals surface area contributed by atoms with Crippen LogP contribution < -0.4 is 5.73 Å². The van der Waals surface area contributed by atoms with Crippen molar-refractivity contribution in [3.63, 3.8) is 0 Å². The first-order chi connectivity index (χ1) is 7.85. The van der Waals surface area contributed by atoms with Gasteiger partial charge in [0, 0.05) is 10.6 Å². The number of benzene rings is 1. The van der Waals surface area contributed by atoms with Crippen molar-refractivity contribution >= 4 is 10.8 Å². The molecule has 2 N–H and O–H groups in total. The molecular formula is C14H23NOS. The van der Waals surface area contributed by atoms with E-state index in [2.05, 4.69) is 27.7 Å². The Kier molecular flexibility index (Phi) is 4.90. The minimum atomic E-state index is -0.906. The van der Waals surface area contributed by atoms with Gasteiger partial charge in [0.05, 0.1) is 10.8 Å². The normalized spacial score (nSPS) is 13.7. The molecule has 0 spiro atoms. The summed E-state index contributed by atoms with van der Waals surface area (Å²) in [7, 11) is -0.906. The second kappa shape index (κ2) is 5.78. The summed E-state index contributed by atoms with van der Waals surface area (Å²) < 4.78 is 12.1. The quantitative estimate of drug-likeness (QED) is 0.877. The number of hydrogen-bond acceptors (Lipinski definition) is 2. The third-order valence-electron chi connectivity index (χ3n) is 3.26. The molecule has 1 aromatic carbocycles. The summed E-state index contributed by atoms with van der Waals surface area (Å²) in [6.07, 6.45) is 0.892. The van der Waals surface area contributed by atoms with Gasteiger partial charge in [-0.1, -0.05) is 19.9 Å². The molecule has 0 aliphatic rings. The van der Waals surface area contributed by atoms with E-state index in [1.165, 1.54) is 11.1 Å². The van der Waals surface area contributed by atoms with Gasteiger partial charge in [-0.2, -0.15) is 0 Å². The molecule has 1 unspecified atom stereocenters. The maximum atomic E-state index is 12.1. The molecule has 0 heterocycles. The highest BCUT2D eigenvalue weighted by Crippen LogP contribution is 2.21. The lowest BCUT2D eigenvalue weighted by Crippen LogP contribution is -2.25. The minimum absolute atomic E-state index is 0.0788. The van der Waals surface area contributed by atoms with Gasteiger partial charge in [-0.25, -0.2) is 0 Å². The van der Waals surface area contributed by atoms with Crippen molar-refractivity contribution in [3.05, 3.63) is 29.3 Å². The maximum Gasteiger partial charge on any atom is 0.0529 e. The molecule has 0 bridgehead atoms. The number of hydrogen-bond donors (Lipinski definition) is 1. The summed E-state index contributed by atoms with van der Waals surface area (Å²) in [6, 6.07) is 6.03. The van der Waals surface area contributed by atoms with Gasteiger partial charge in [-0.05, 0) is 55.5 Å². The van der Waals surface area contributed by atoms with E-state index in [4.69, 9.17) is 5.73 Å². The Hall–Kier alpha value is -0.670.